The molecule has 0 amide bonds. The Balaban J connectivity index is 1.25. The first kappa shape index (κ1) is 29.0. The van der Waals surface area contributed by atoms with Crippen molar-refractivity contribution in [3.05, 3.63) is 108 Å². The molecule has 1 saturated carbocycles. The van der Waals surface area contributed by atoms with E-state index in [-0.39, 0.29) is 23.7 Å². The quantitative estimate of drug-likeness (QED) is 0.188. The fraction of sp³-hybridized carbons (Fsp3) is 0.351. The van der Waals surface area contributed by atoms with Gasteiger partial charge in [0, 0.05) is 11.1 Å². The topological polar surface area (TPSA) is 9.23 Å². The zero-order valence-corrected chi connectivity index (χ0v) is 23.9. The summed E-state index contributed by atoms with van der Waals surface area (Å²) in [4.78, 5) is 0. The first-order valence-corrected chi connectivity index (χ1v) is 14.9. The molecule has 2 aliphatic rings. The van der Waals surface area contributed by atoms with Crippen LogP contribution >= 0.6 is 0 Å². The predicted molar refractivity (Wildman–Crippen MR) is 163 cm³/mol. The standard InChI is InChI=1S/C37H39F3O/c1-3-5-6-23-41-35-22-21-33(36(39)37(35)40)30-17-15-29(16-18-30)32-20-19-31(24-34(32)38)28-13-11-27(12-14-28)26-9-7-25(4-2)8-10-26/h3-5,13,15-22,24-27H,2,6-12,14,23H2,1H3/b5-3-. The second-order valence-electron chi connectivity index (χ2n) is 11.4. The normalized spacial score (nSPS) is 21.1. The molecular weight excluding hydrogens is 517 g/mol. The van der Waals surface area contributed by atoms with E-state index in [4.69, 9.17) is 4.74 Å². The second kappa shape index (κ2) is 13.4. The lowest BCUT2D eigenvalue weighted by molar-refractivity contribution is 0.212. The largest absolute Gasteiger partial charge is 0.490 e. The molecule has 1 nitrogen and oxygen atoms in total. The number of benzene rings is 3. The Bertz CT molecular complexity index is 1410. The summed E-state index contributed by atoms with van der Waals surface area (Å²) < 4.78 is 50.1. The zero-order valence-electron chi connectivity index (χ0n) is 23.9. The van der Waals surface area contributed by atoms with Gasteiger partial charge in [0.1, 0.15) is 5.82 Å². The maximum atomic E-state index is 15.3. The molecule has 4 heteroatoms. The smallest absolute Gasteiger partial charge is 0.201 e. The molecular formula is C37H39F3O. The fourth-order valence-electron chi connectivity index (χ4n) is 6.44. The highest BCUT2D eigenvalue weighted by Gasteiger charge is 2.28. The Morgan fingerprint density at radius 1 is 0.805 bits per heavy atom. The number of ether oxygens (including phenoxy) is 1. The number of hydrogen-bond acceptors (Lipinski definition) is 1. The molecule has 0 saturated heterocycles. The van der Waals surface area contributed by atoms with Gasteiger partial charge in [-0.1, -0.05) is 60.7 Å². The molecule has 0 aromatic heterocycles. The van der Waals surface area contributed by atoms with Gasteiger partial charge in [-0.2, -0.15) is 4.39 Å². The van der Waals surface area contributed by atoms with Crippen molar-refractivity contribution in [2.24, 2.45) is 17.8 Å². The van der Waals surface area contributed by atoms with Crippen LogP contribution in [0.4, 0.5) is 13.2 Å². The lowest BCUT2D eigenvalue weighted by Gasteiger charge is -2.34. The first-order chi connectivity index (χ1) is 20.0. The number of halogens is 3. The molecule has 41 heavy (non-hydrogen) atoms. The van der Waals surface area contributed by atoms with E-state index < -0.39 is 11.6 Å². The van der Waals surface area contributed by atoms with Crippen molar-refractivity contribution in [3.63, 3.8) is 0 Å². The van der Waals surface area contributed by atoms with Crippen LogP contribution in [0.25, 0.3) is 27.8 Å². The summed E-state index contributed by atoms with van der Waals surface area (Å²) in [6.45, 7) is 6.13. The van der Waals surface area contributed by atoms with Gasteiger partial charge >= 0.3 is 0 Å². The van der Waals surface area contributed by atoms with Gasteiger partial charge in [0.2, 0.25) is 5.82 Å². The molecule has 1 fully saturated rings. The summed E-state index contributed by atoms with van der Waals surface area (Å²) in [7, 11) is 0. The van der Waals surface area contributed by atoms with Crippen molar-refractivity contribution < 1.29 is 17.9 Å². The van der Waals surface area contributed by atoms with Crippen LogP contribution in [0.1, 0.15) is 63.9 Å². The van der Waals surface area contributed by atoms with Gasteiger partial charge in [0.05, 0.1) is 6.61 Å². The van der Waals surface area contributed by atoms with E-state index >= 15 is 4.39 Å². The Labute approximate surface area is 242 Å². The number of allylic oxidation sites excluding steroid dienone is 4. The summed E-state index contributed by atoms with van der Waals surface area (Å²) in [5.41, 5.74) is 4.01. The van der Waals surface area contributed by atoms with Crippen molar-refractivity contribution in [3.8, 4) is 28.0 Å². The minimum Gasteiger partial charge on any atom is -0.490 e. The van der Waals surface area contributed by atoms with E-state index in [1.807, 2.05) is 31.2 Å². The van der Waals surface area contributed by atoms with E-state index in [9.17, 15) is 8.78 Å². The molecule has 214 valence electrons. The van der Waals surface area contributed by atoms with Crippen molar-refractivity contribution in [1.29, 1.82) is 0 Å². The van der Waals surface area contributed by atoms with Gasteiger partial charge in [-0.05, 0) is 117 Å². The van der Waals surface area contributed by atoms with Gasteiger partial charge in [-0.25, -0.2) is 8.78 Å². The van der Waals surface area contributed by atoms with Crippen molar-refractivity contribution in [2.45, 2.75) is 58.3 Å². The molecule has 0 N–H and O–H groups in total. The van der Waals surface area contributed by atoms with Crippen LogP contribution in [-0.4, -0.2) is 6.61 Å². The van der Waals surface area contributed by atoms with Gasteiger partial charge in [0.15, 0.2) is 11.6 Å². The second-order valence-corrected chi connectivity index (χ2v) is 11.4. The van der Waals surface area contributed by atoms with Crippen LogP contribution in [0.2, 0.25) is 0 Å². The van der Waals surface area contributed by atoms with Crippen LogP contribution in [0.15, 0.2) is 85.5 Å². The summed E-state index contributed by atoms with van der Waals surface area (Å²) >= 11 is 0. The monoisotopic (exact) mass is 556 g/mol. The zero-order chi connectivity index (χ0) is 28.8. The predicted octanol–water partition coefficient (Wildman–Crippen LogP) is 11.0. The van der Waals surface area contributed by atoms with Gasteiger partial charge in [-0.15, -0.1) is 6.58 Å². The number of rotatable bonds is 9. The molecule has 0 aliphatic heterocycles. The third-order valence-electron chi connectivity index (χ3n) is 8.94. The molecule has 5 rings (SSSR count). The lowest BCUT2D eigenvalue weighted by Crippen LogP contribution is -2.22. The Hall–Kier alpha value is -3.53. The maximum absolute atomic E-state index is 15.3. The van der Waals surface area contributed by atoms with Crippen LogP contribution in [0, 0.1) is 35.2 Å². The third-order valence-corrected chi connectivity index (χ3v) is 8.94. The van der Waals surface area contributed by atoms with Crippen molar-refractivity contribution in [1.82, 2.24) is 0 Å². The summed E-state index contributed by atoms with van der Waals surface area (Å²) in [6.07, 6.45) is 17.2. The molecule has 3 aromatic carbocycles. The van der Waals surface area contributed by atoms with Crippen LogP contribution < -0.4 is 4.74 Å². The SMILES string of the molecule is C=CC1CCC(C2CC=C(c3ccc(-c4ccc(-c5ccc(OCC/C=C\C)c(F)c5F)cc4)c(F)c3)CC2)CC1. The molecule has 1 atom stereocenters. The van der Waals surface area contributed by atoms with Gasteiger partial charge < -0.3 is 4.74 Å². The van der Waals surface area contributed by atoms with E-state index in [0.717, 1.165) is 30.2 Å². The van der Waals surface area contributed by atoms with E-state index in [2.05, 4.69) is 18.7 Å². The maximum Gasteiger partial charge on any atom is 0.201 e. The molecule has 2 aliphatic carbocycles. The highest BCUT2D eigenvalue weighted by atomic mass is 19.2. The minimum atomic E-state index is -1.00. The van der Waals surface area contributed by atoms with Crippen molar-refractivity contribution in [2.75, 3.05) is 6.61 Å². The Morgan fingerprint density at radius 3 is 2.12 bits per heavy atom. The summed E-state index contributed by atoms with van der Waals surface area (Å²) in [6, 6.07) is 15.3. The summed E-state index contributed by atoms with van der Waals surface area (Å²) in [5, 5.41) is 0. The van der Waals surface area contributed by atoms with Gasteiger partial charge in [0.25, 0.3) is 0 Å². The first-order valence-electron chi connectivity index (χ1n) is 14.9. The molecule has 3 aromatic rings. The highest BCUT2D eigenvalue weighted by Crippen LogP contribution is 2.42. The average Bonchev–Trinajstić information content (AvgIpc) is 3.01. The van der Waals surface area contributed by atoms with Crippen molar-refractivity contribution >= 4 is 5.57 Å². The summed E-state index contributed by atoms with van der Waals surface area (Å²) in [5.74, 6) is -0.117. The van der Waals surface area contributed by atoms with E-state index in [1.54, 1.807) is 30.3 Å². The Morgan fingerprint density at radius 2 is 1.49 bits per heavy atom. The minimum absolute atomic E-state index is 0.103. The van der Waals surface area contributed by atoms with E-state index in [1.165, 1.54) is 49.8 Å². The third kappa shape index (κ3) is 6.69. The average molecular weight is 557 g/mol. The highest BCUT2D eigenvalue weighted by molar-refractivity contribution is 5.74. The molecule has 1 unspecified atom stereocenters. The van der Waals surface area contributed by atoms with Crippen LogP contribution in [-0.2, 0) is 0 Å². The molecule has 0 radical (unpaired) electrons. The molecule has 0 spiro atoms. The van der Waals surface area contributed by atoms with Gasteiger partial charge in [-0.3, -0.25) is 0 Å². The lowest BCUT2D eigenvalue weighted by atomic mass is 9.71. The Kier molecular flexibility index (Phi) is 9.49. The molecule has 0 heterocycles. The molecule has 0 bridgehead atoms. The van der Waals surface area contributed by atoms with Crippen LogP contribution in [0.3, 0.4) is 0 Å². The fourth-order valence-corrected chi connectivity index (χ4v) is 6.44. The van der Waals surface area contributed by atoms with Crippen LogP contribution in [0.5, 0.6) is 5.75 Å². The van der Waals surface area contributed by atoms with E-state index in [0.29, 0.717) is 29.0 Å². The number of hydrogen-bond donors (Lipinski definition) is 0.